The van der Waals surface area contributed by atoms with Crippen molar-refractivity contribution in [2.45, 2.75) is 19.4 Å². The molecule has 20 heavy (non-hydrogen) atoms. The maximum atomic E-state index is 12.3. The molecule has 3 rings (SSSR count). The third-order valence-electron chi connectivity index (χ3n) is 3.31. The Morgan fingerprint density at radius 1 is 1.35 bits per heavy atom. The summed E-state index contributed by atoms with van der Waals surface area (Å²) >= 11 is 1.52. The van der Waals surface area contributed by atoms with Gasteiger partial charge in [0.2, 0.25) is 11.8 Å². The summed E-state index contributed by atoms with van der Waals surface area (Å²) in [7, 11) is 0. The van der Waals surface area contributed by atoms with Crippen molar-refractivity contribution < 1.29 is 9.59 Å². The molecule has 0 radical (unpaired) electrons. The molecule has 1 saturated heterocycles. The molecule has 6 heteroatoms. The van der Waals surface area contributed by atoms with Crippen molar-refractivity contribution >= 4 is 23.2 Å². The Bertz CT molecular complexity index is 613. The van der Waals surface area contributed by atoms with Crippen LogP contribution in [-0.4, -0.2) is 26.7 Å². The molecular formula is C14H13N3O2S. The zero-order valence-corrected chi connectivity index (χ0v) is 11.5. The Labute approximate surface area is 120 Å². The minimum atomic E-state index is -0.273. The van der Waals surface area contributed by atoms with Gasteiger partial charge in [0, 0.05) is 36.8 Å². The van der Waals surface area contributed by atoms with Crippen LogP contribution in [0.2, 0.25) is 0 Å². The fraction of sp³-hybridized carbons (Fsp3) is 0.286. The first-order valence-electron chi connectivity index (χ1n) is 6.35. The van der Waals surface area contributed by atoms with E-state index in [1.54, 1.807) is 24.7 Å². The van der Waals surface area contributed by atoms with Gasteiger partial charge in [-0.25, -0.2) is 4.98 Å². The molecule has 0 bridgehead atoms. The molecule has 5 nitrogen and oxygen atoms in total. The van der Waals surface area contributed by atoms with E-state index in [1.165, 1.54) is 16.2 Å². The molecule has 0 aliphatic carbocycles. The van der Waals surface area contributed by atoms with E-state index in [9.17, 15) is 9.59 Å². The minimum Gasteiger partial charge on any atom is -0.278 e. The van der Waals surface area contributed by atoms with Crippen molar-refractivity contribution in [2.24, 2.45) is 5.92 Å². The van der Waals surface area contributed by atoms with Crippen LogP contribution in [0.4, 0.5) is 0 Å². The number of carbonyl (C=O) groups is 2. The summed E-state index contributed by atoms with van der Waals surface area (Å²) in [6.45, 7) is 0.305. The van der Waals surface area contributed by atoms with E-state index in [1.807, 2.05) is 11.4 Å². The number of rotatable bonds is 4. The molecule has 0 saturated carbocycles. The SMILES string of the molecule is O=C1CC(Cc2nccs2)C(=O)N1Cc1cccnc1. The number of likely N-dealkylation sites (tertiary alicyclic amines) is 1. The molecule has 3 heterocycles. The molecule has 1 unspecified atom stereocenters. The minimum absolute atomic E-state index is 0.103. The molecule has 1 aliphatic rings. The highest BCUT2D eigenvalue weighted by atomic mass is 32.1. The number of aromatic nitrogens is 2. The summed E-state index contributed by atoms with van der Waals surface area (Å²) in [6, 6.07) is 3.66. The highest BCUT2D eigenvalue weighted by Crippen LogP contribution is 2.25. The fourth-order valence-corrected chi connectivity index (χ4v) is 3.01. The van der Waals surface area contributed by atoms with Gasteiger partial charge < -0.3 is 0 Å². The van der Waals surface area contributed by atoms with Crippen molar-refractivity contribution in [3.63, 3.8) is 0 Å². The molecule has 0 N–H and O–H groups in total. The Hall–Kier alpha value is -2.08. The lowest BCUT2D eigenvalue weighted by atomic mass is 10.0. The highest BCUT2D eigenvalue weighted by molar-refractivity contribution is 7.09. The lowest BCUT2D eigenvalue weighted by Gasteiger charge is -2.14. The van der Waals surface area contributed by atoms with Gasteiger partial charge in [-0.05, 0) is 11.6 Å². The standard InChI is InChI=1S/C14H13N3O2S/c18-13-7-11(6-12-16-4-5-20-12)14(19)17(13)9-10-2-1-3-15-8-10/h1-5,8,11H,6-7,9H2. The third kappa shape index (κ3) is 2.60. The van der Waals surface area contributed by atoms with Gasteiger partial charge in [-0.15, -0.1) is 11.3 Å². The smallest absolute Gasteiger partial charge is 0.233 e. The number of hydrogen-bond acceptors (Lipinski definition) is 5. The number of thiazole rings is 1. The molecule has 0 spiro atoms. The topological polar surface area (TPSA) is 63.2 Å². The monoisotopic (exact) mass is 287 g/mol. The van der Waals surface area contributed by atoms with Crippen molar-refractivity contribution in [3.05, 3.63) is 46.7 Å². The number of hydrogen-bond donors (Lipinski definition) is 0. The van der Waals surface area contributed by atoms with Gasteiger partial charge in [0.1, 0.15) is 0 Å². The summed E-state index contributed by atoms with van der Waals surface area (Å²) in [5, 5.41) is 2.78. The van der Waals surface area contributed by atoms with Crippen LogP contribution in [0, 0.1) is 5.92 Å². The summed E-state index contributed by atoms with van der Waals surface area (Å²) in [6.07, 6.45) is 5.89. The van der Waals surface area contributed by atoms with E-state index in [-0.39, 0.29) is 24.2 Å². The van der Waals surface area contributed by atoms with E-state index in [0.717, 1.165) is 10.6 Å². The molecule has 0 aromatic carbocycles. The summed E-state index contributed by atoms with van der Waals surface area (Å²) < 4.78 is 0. The number of pyridine rings is 1. The Kier molecular flexibility index (Phi) is 3.56. The summed E-state index contributed by atoms with van der Waals surface area (Å²) in [5.41, 5.74) is 0.865. The second-order valence-corrected chi connectivity index (χ2v) is 5.69. The fourth-order valence-electron chi connectivity index (χ4n) is 2.32. The summed E-state index contributed by atoms with van der Waals surface area (Å²) in [5.74, 6) is -0.486. The van der Waals surface area contributed by atoms with Crippen molar-refractivity contribution in [1.82, 2.24) is 14.9 Å². The first kappa shape index (κ1) is 12.9. The van der Waals surface area contributed by atoms with Crippen molar-refractivity contribution in [2.75, 3.05) is 0 Å². The number of carbonyl (C=O) groups excluding carboxylic acids is 2. The van der Waals surface area contributed by atoms with Gasteiger partial charge in [-0.3, -0.25) is 19.5 Å². The van der Waals surface area contributed by atoms with E-state index in [4.69, 9.17) is 0 Å². The van der Waals surface area contributed by atoms with Gasteiger partial charge in [-0.2, -0.15) is 0 Å². The predicted molar refractivity (Wildman–Crippen MR) is 73.7 cm³/mol. The Balaban J connectivity index is 1.70. The van der Waals surface area contributed by atoms with Crippen LogP contribution in [0.5, 0.6) is 0 Å². The number of imide groups is 1. The van der Waals surface area contributed by atoms with Crippen LogP contribution in [0.25, 0.3) is 0 Å². The van der Waals surface area contributed by atoms with Gasteiger partial charge in [0.25, 0.3) is 0 Å². The van der Waals surface area contributed by atoms with E-state index in [0.29, 0.717) is 13.0 Å². The number of nitrogens with zero attached hydrogens (tertiary/aromatic N) is 3. The van der Waals surface area contributed by atoms with Gasteiger partial charge in [0.05, 0.1) is 17.5 Å². The molecule has 2 aromatic heterocycles. The number of amides is 2. The first-order valence-corrected chi connectivity index (χ1v) is 7.23. The zero-order valence-electron chi connectivity index (χ0n) is 10.7. The summed E-state index contributed by atoms with van der Waals surface area (Å²) in [4.78, 5) is 33.8. The van der Waals surface area contributed by atoms with Crippen LogP contribution in [-0.2, 0) is 22.6 Å². The first-order chi connectivity index (χ1) is 9.74. The average molecular weight is 287 g/mol. The van der Waals surface area contributed by atoms with Crippen molar-refractivity contribution in [1.29, 1.82) is 0 Å². The second kappa shape index (κ2) is 5.50. The van der Waals surface area contributed by atoms with E-state index >= 15 is 0 Å². The molecular weight excluding hydrogens is 274 g/mol. The molecule has 2 aromatic rings. The molecule has 1 atom stereocenters. The van der Waals surface area contributed by atoms with Gasteiger partial charge >= 0.3 is 0 Å². The average Bonchev–Trinajstić information content (AvgIpc) is 3.05. The van der Waals surface area contributed by atoms with Crippen LogP contribution in [0.1, 0.15) is 17.0 Å². The predicted octanol–water partition coefficient (Wildman–Crippen LogP) is 1.66. The maximum Gasteiger partial charge on any atom is 0.233 e. The highest BCUT2D eigenvalue weighted by Gasteiger charge is 2.38. The third-order valence-corrected chi connectivity index (χ3v) is 4.11. The quantitative estimate of drug-likeness (QED) is 0.802. The second-order valence-electron chi connectivity index (χ2n) is 4.71. The largest absolute Gasteiger partial charge is 0.278 e. The Morgan fingerprint density at radius 2 is 2.25 bits per heavy atom. The van der Waals surface area contributed by atoms with Crippen molar-refractivity contribution in [3.8, 4) is 0 Å². The normalized spacial score (nSPS) is 18.8. The molecule has 1 fully saturated rings. The van der Waals surface area contributed by atoms with Crippen LogP contribution < -0.4 is 0 Å². The maximum absolute atomic E-state index is 12.3. The molecule has 102 valence electrons. The van der Waals surface area contributed by atoms with Crippen LogP contribution in [0.3, 0.4) is 0 Å². The Morgan fingerprint density at radius 3 is 2.95 bits per heavy atom. The van der Waals surface area contributed by atoms with Gasteiger partial charge in [0.15, 0.2) is 0 Å². The molecule has 2 amide bonds. The van der Waals surface area contributed by atoms with E-state index < -0.39 is 0 Å². The zero-order chi connectivity index (χ0) is 13.9. The van der Waals surface area contributed by atoms with Gasteiger partial charge in [-0.1, -0.05) is 6.07 Å². The van der Waals surface area contributed by atoms with Crippen LogP contribution in [0.15, 0.2) is 36.1 Å². The lowest BCUT2D eigenvalue weighted by Crippen LogP contribution is -2.30. The van der Waals surface area contributed by atoms with Crippen LogP contribution >= 0.6 is 11.3 Å². The lowest BCUT2D eigenvalue weighted by molar-refractivity contribution is -0.140. The van der Waals surface area contributed by atoms with E-state index in [2.05, 4.69) is 9.97 Å². The molecule has 1 aliphatic heterocycles.